The fourth-order valence-electron chi connectivity index (χ4n) is 2.33. The number of hydrogen-bond acceptors (Lipinski definition) is 4. The molecular formula is C13H16FNO4S. The van der Waals surface area contributed by atoms with Crippen LogP contribution in [0.15, 0.2) is 24.3 Å². The summed E-state index contributed by atoms with van der Waals surface area (Å²) in [6, 6.07) is 6.99. The second-order valence-corrected chi connectivity index (χ2v) is 6.12. The number of ether oxygens (including phenoxy) is 1. The second kappa shape index (κ2) is 5.78. The fourth-order valence-corrected chi connectivity index (χ4v) is 3.12. The van der Waals surface area contributed by atoms with Crippen LogP contribution in [-0.4, -0.2) is 33.2 Å². The highest BCUT2D eigenvalue weighted by Gasteiger charge is 2.33. The highest BCUT2D eigenvalue weighted by molar-refractivity contribution is 7.86. The van der Waals surface area contributed by atoms with E-state index in [-0.39, 0.29) is 18.9 Å². The van der Waals surface area contributed by atoms with E-state index in [4.69, 9.17) is 4.74 Å². The number of rotatable bonds is 5. The Hall–Kier alpha value is -1.63. The van der Waals surface area contributed by atoms with E-state index in [1.54, 1.807) is 24.3 Å². The molecule has 0 N–H and O–H groups in total. The van der Waals surface area contributed by atoms with Crippen molar-refractivity contribution in [2.24, 2.45) is 5.92 Å². The Balaban J connectivity index is 2.13. The van der Waals surface area contributed by atoms with Crippen LogP contribution in [-0.2, 0) is 15.0 Å². The van der Waals surface area contributed by atoms with E-state index in [1.807, 2.05) is 6.92 Å². The van der Waals surface area contributed by atoms with Gasteiger partial charge in [-0.1, -0.05) is 6.07 Å². The first kappa shape index (κ1) is 14.8. The number of benzene rings is 1. The summed E-state index contributed by atoms with van der Waals surface area (Å²) >= 11 is 0. The van der Waals surface area contributed by atoms with Gasteiger partial charge in [-0.15, -0.1) is 3.89 Å². The lowest BCUT2D eigenvalue weighted by Crippen LogP contribution is -2.25. The van der Waals surface area contributed by atoms with Crippen molar-refractivity contribution in [2.45, 2.75) is 13.3 Å². The van der Waals surface area contributed by atoms with E-state index < -0.39 is 21.9 Å². The predicted molar refractivity (Wildman–Crippen MR) is 73.0 cm³/mol. The quantitative estimate of drug-likeness (QED) is 0.777. The molecule has 1 amide bonds. The van der Waals surface area contributed by atoms with Gasteiger partial charge in [-0.05, 0) is 19.1 Å². The first-order chi connectivity index (χ1) is 9.39. The Morgan fingerprint density at radius 1 is 1.45 bits per heavy atom. The molecule has 1 aliphatic heterocycles. The summed E-state index contributed by atoms with van der Waals surface area (Å²) in [5.41, 5.74) is 0.639. The molecule has 1 unspecified atom stereocenters. The Kier molecular flexibility index (Phi) is 4.27. The molecule has 0 aliphatic carbocycles. The summed E-state index contributed by atoms with van der Waals surface area (Å²) in [6.07, 6.45) is 0.0437. The Morgan fingerprint density at radius 2 is 2.20 bits per heavy atom. The molecular weight excluding hydrogens is 285 g/mol. The molecule has 1 aromatic rings. The summed E-state index contributed by atoms with van der Waals surface area (Å²) in [4.78, 5) is 13.4. The fraction of sp³-hybridized carbons (Fsp3) is 0.462. The number of nitrogens with zero attached hydrogens (tertiary/aromatic N) is 1. The van der Waals surface area contributed by atoms with Gasteiger partial charge in [-0.3, -0.25) is 4.79 Å². The molecule has 1 aromatic carbocycles. The number of carbonyl (C=O) groups excluding carboxylic acids is 1. The zero-order valence-corrected chi connectivity index (χ0v) is 11.9. The highest BCUT2D eigenvalue weighted by Crippen LogP contribution is 2.28. The van der Waals surface area contributed by atoms with Crippen LogP contribution in [0.3, 0.4) is 0 Å². The largest absolute Gasteiger partial charge is 0.494 e. The van der Waals surface area contributed by atoms with Gasteiger partial charge < -0.3 is 9.64 Å². The zero-order chi connectivity index (χ0) is 14.8. The standard InChI is InChI=1S/C13H16FNO4S/c1-2-19-12-5-3-4-11(7-12)15-8-10(6-13(15)16)9-20(14,17)18/h3-5,7,10H,2,6,8-9H2,1H3. The van der Waals surface area contributed by atoms with Gasteiger partial charge >= 0.3 is 10.2 Å². The van der Waals surface area contributed by atoms with E-state index in [0.717, 1.165) is 0 Å². The maximum absolute atomic E-state index is 12.7. The first-order valence-corrected chi connectivity index (χ1v) is 7.90. The number of halogens is 1. The molecule has 1 aliphatic rings. The van der Waals surface area contributed by atoms with Crippen LogP contribution < -0.4 is 9.64 Å². The van der Waals surface area contributed by atoms with E-state index >= 15 is 0 Å². The van der Waals surface area contributed by atoms with Gasteiger partial charge in [-0.2, -0.15) is 8.42 Å². The van der Waals surface area contributed by atoms with E-state index in [1.165, 1.54) is 4.90 Å². The van der Waals surface area contributed by atoms with Crippen LogP contribution in [0.25, 0.3) is 0 Å². The number of amides is 1. The SMILES string of the molecule is CCOc1cccc(N2CC(CS(=O)(=O)F)CC2=O)c1. The molecule has 1 atom stereocenters. The summed E-state index contributed by atoms with van der Waals surface area (Å²) in [5, 5.41) is 0. The van der Waals surface area contributed by atoms with Crippen molar-refractivity contribution in [3.8, 4) is 5.75 Å². The second-order valence-electron chi connectivity index (χ2n) is 4.71. The Morgan fingerprint density at radius 3 is 2.85 bits per heavy atom. The molecule has 20 heavy (non-hydrogen) atoms. The minimum absolute atomic E-state index is 0.0437. The third-order valence-corrected chi connectivity index (χ3v) is 3.95. The summed E-state index contributed by atoms with van der Waals surface area (Å²) < 4.78 is 39.4. The van der Waals surface area contributed by atoms with Gasteiger partial charge in [0.1, 0.15) is 5.75 Å². The van der Waals surface area contributed by atoms with Crippen molar-refractivity contribution in [2.75, 3.05) is 23.8 Å². The van der Waals surface area contributed by atoms with Gasteiger partial charge in [0, 0.05) is 30.6 Å². The number of hydrogen-bond donors (Lipinski definition) is 0. The summed E-state index contributed by atoms with van der Waals surface area (Å²) in [6.45, 7) is 2.58. The third kappa shape index (κ3) is 3.69. The average Bonchev–Trinajstić information content (AvgIpc) is 2.68. The van der Waals surface area contributed by atoms with E-state index in [9.17, 15) is 17.1 Å². The average molecular weight is 301 g/mol. The van der Waals surface area contributed by atoms with Crippen molar-refractivity contribution in [3.63, 3.8) is 0 Å². The smallest absolute Gasteiger partial charge is 0.302 e. The molecule has 0 bridgehead atoms. The van der Waals surface area contributed by atoms with Crippen molar-refractivity contribution >= 4 is 21.8 Å². The van der Waals surface area contributed by atoms with Crippen molar-refractivity contribution < 1.29 is 21.8 Å². The molecule has 7 heteroatoms. The maximum Gasteiger partial charge on any atom is 0.302 e. The third-order valence-electron chi connectivity index (χ3n) is 3.08. The first-order valence-electron chi connectivity index (χ1n) is 6.34. The van der Waals surface area contributed by atoms with Crippen LogP contribution in [0.4, 0.5) is 9.57 Å². The minimum Gasteiger partial charge on any atom is -0.494 e. The predicted octanol–water partition coefficient (Wildman–Crippen LogP) is 1.74. The molecule has 0 radical (unpaired) electrons. The molecule has 0 spiro atoms. The lowest BCUT2D eigenvalue weighted by molar-refractivity contribution is -0.117. The van der Waals surface area contributed by atoms with Crippen LogP contribution in [0.1, 0.15) is 13.3 Å². The lowest BCUT2D eigenvalue weighted by Gasteiger charge is -2.17. The van der Waals surface area contributed by atoms with Gasteiger partial charge in [-0.25, -0.2) is 0 Å². The van der Waals surface area contributed by atoms with Crippen molar-refractivity contribution in [1.29, 1.82) is 0 Å². The van der Waals surface area contributed by atoms with Crippen molar-refractivity contribution in [1.82, 2.24) is 0 Å². The topological polar surface area (TPSA) is 63.7 Å². The molecule has 1 fully saturated rings. The van der Waals surface area contributed by atoms with E-state index in [2.05, 4.69) is 0 Å². The molecule has 110 valence electrons. The molecule has 1 saturated heterocycles. The van der Waals surface area contributed by atoms with E-state index in [0.29, 0.717) is 18.0 Å². The minimum atomic E-state index is -4.56. The van der Waals surface area contributed by atoms with Crippen LogP contribution in [0, 0.1) is 5.92 Å². The summed E-state index contributed by atoms with van der Waals surface area (Å²) in [5.74, 6) is -0.680. The van der Waals surface area contributed by atoms with Gasteiger partial charge in [0.25, 0.3) is 0 Å². The normalized spacial score (nSPS) is 19.4. The molecule has 1 heterocycles. The lowest BCUT2D eigenvalue weighted by atomic mass is 10.1. The molecule has 0 saturated carbocycles. The van der Waals surface area contributed by atoms with Crippen LogP contribution in [0.2, 0.25) is 0 Å². The molecule has 5 nitrogen and oxygen atoms in total. The van der Waals surface area contributed by atoms with Crippen molar-refractivity contribution in [3.05, 3.63) is 24.3 Å². The number of anilines is 1. The summed E-state index contributed by atoms with van der Waals surface area (Å²) in [7, 11) is -4.56. The van der Waals surface area contributed by atoms with Crippen LogP contribution >= 0.6 is 0 Å². The zero-order valence-electron chi connectivity index (χ0n) is 11.1. The monoisotopic (exact) mass is 301 g/mol. The molecule has 2 rings (SSSR count). The maximum atomic E-state index is 12.7. The Bertz CT molecular complexity index is 602. The molecule has 0 aromatic heterocycles. The van der Waals surface area contributed by atoms with Crippen LogP contribution in [0.5, 0.6) is 5.75 Å². The Labute approximate surface area is 117 Å². The van der Waals surface area contributed by atoms with Gasteiger partial charge in [0.2, 0.25) is 5.91 Å². The highest BCUT2D eigenvalue weighted by atomic mass is 32.3. The number of carbonyl (C=O) groups is 1. The van der Waals surface area contributed by atoms with Gasteiger partial charge in [0.15, 0.2) is 0 Å². The van der Waals surface area contributed by atoms with Gasteiger partial charge in [0.05, 0.1) is 12.4 Å².